The number of amides is 2. The van der Waals surface area contributed by atoms with Gasteiger partial charge in [0.15, 0.2) is 0 Å². The van der Waals surface area contributed by atoms with Gasteiger partial charge in [-0.2, -0.15) is 0 Å². The van der Waals surface area contributed by atoms with Crippen molar-refractivity contribution in [3.63, 3.8) is 0 Å². The first-order valence-corrected chi connectivity index (χ1v) is 15.8. The second kappa shape index (κ2) is 13.2. The minimum absolute atomic E-state index is 0.0634. The highest BCUT2D eigenvalue weighted by molar-refractivity contribution is 7.92. The van der Waals surface area contributed by atoms with Crippen LogP contribution in [-0.4, -0.2) is 50.0 Å². The lowest BCUT2D eigenvalue weighted by Crippen LogP contribution is -2.51. The van der Waals surface area contributed by atoms with E-state index in [1.54, 1.807) is 18.2 Å². The predicted molar refractivity (Wildman–Crippen MR) is 164 cm³/mol. The minimum atomic E-state index is -3.70. The van der Waals surface area contributed by atoms with Crippen LogP contribution in [0.2, 0.25) is 10.0 Å². The third-order valence-electron chi connectivity index (χ3n) is 6.93. The fourth-order valence-corrected chi connectivity index (χ4v) is 6.70. The van der Waals surface area contributed by atoms with Crippen molar-refractivity contribution in [2.24, 2.45) is 17.6 Å². The van der Waals surface area contributed by atoms with Crippen LogP contribution < -0.4 is 15.8 Å². The van der Waals surface area contributed by atoms with E-state index >= 15 is 0 Å². The Morgan fingerprint density at radius 3 is 2.02 bits per heavy atom. The van der Waals surface area contributed by atoms with Gasteiger partial charge in [-0.25, -0.2) is 8.42 Å². The molecule has 0 radical (unpaired) electrons. The zero-order chi connectivity index (χ0) is 29.7. The summed E-state index contributed by atoms with van der Waals surface area (Å²) in [4.78, 5) is 26.7. The molecule has 1 heterocycles. The summed E-state index contributed by atoms with van der Waals surface area (Å²) in [6, 6.07) is 20.6. The first kappa shape index (κ1) is 30.8. The third kappa shape index (κ3) is 8.45. The molecule has 4 rings (SSSR count). The lowest BCUT2D eigenvalue weighted by Gasteiger charge is -2.44. The quantitative estimate of drug-likeness (QED) is 0.262. The standard InChI is InChI=1S/C30H34Cl2N4O4S/c1-19(2)14-27(29(33)37)34-30(38)23-4-3-5-26(15-23)35-41(39,40)18-20-16-36(17-20)28(21-6-10-24(31)11-7-21)22-8-12-25(32)13-9-22/h3-13,15,19-20,27-28,35H,14,16-18H2,1-2H3,(H2,33,37)(H,34,38). The molecule has 3 aromatic rings. The molecule has 218 valence electrons. The lowest BCUT2D eigenvalue weighted by molar-refractivity contribution is -0.120. The van der Waals surface area contributed by atoms with Crippen molar-refractivity contribution in [1.29, 1.82) is 0 Å². The summed E-state index contributed by atoms with van der Waals surface area (Å²) in [5, 5.41) is 3.93. The summed E-state index contributed by atoms with van der Waals surface area (Å²) >= 11 is 12.2. The average molecular weight is 618 g/mol. The normalized spacial score (nSPS) is 15.0. The molecule has 2 amide bonds. The lowest BCUT2D eigenvalue weighted by atomic mass is 9.91. The van der Waals surface area contributed by atoms with Crippen LogP contribution in [0.25, 0.3) is 0 Å². The molecule has 0 aliphatic carbocycles. The van der Waals surface area contributed by atoms with Crippen LogP contribution >= 0.6 is 23.2 Å². The van der Waals surface area contributed by atoms with Crippen molar-refractivity contribution in [1.82, 2.24) is 10.2 Å². The molecule has 41 heavy (non-hydrogen) atoms. The SMILES string of the molecule is CC(C)CC(NC(=O)c1cccc(NS(=O)(=O)CC2CN(C(c3ccc(Cl)cc3)c3ccc(Cl)cc3)C2)c1)C(N)=O. The van der Waals surface area contributed by atoms with Gasteiger partial charge in [0.25, 0.3) is 5.91 Å². The summed E-state index contributed by atoms with van der Waals surface area (Å²) in [6.45, 7) is 5.02. The Kier molecular flexibility index (Phi) is 9.96. The van der Waals surface area contributed by atoms with Crippen molar-refractivity contribution in [2.45, 2.75) is 32.4 Å². The maximum atomic E-state index is 13.0. The van der Waals surface area contributed by atoms with E-state index in [9.17, 15) is 18.0 Å². The number of hydrogen-bond donors (Lipinski definition) is 3. The molecular formula is C30H34Cl2N4O4S. The molecule has 11 heteroatoms. The third-order valence-corrected chi connectivity index (χ3v) is 8.89. The van der Waals surface area contributed by atoms with E-state index in [1.807, 2.05) is 62.4 Å². The van der Waals surface area contributed by atoms with E-state index < -0.39 is 27.9 Å². The molecule has 1 unspecified atom stereocenters. The molecule has 0 bridgehead atoms. The minimum Gasteiger partial charge on any atom is -0.368 e. The van der Waals surface area contributed by atoms with Crippen LogP contribution in [0.5, 0.6) is 0 Å². The molecule has 1 atom stereocenters. The van der Waals surface area contributed by atoms with Gasteiger partial charge in [-0.05, 0) is 65.9 Å². The number of rotatable bonds is 12. The zero-order valence-corrected chi connectivity index (χ0v) is 25.2. The topological polar surface area (TPSA) is 122 Å². The van der Waals surface area contributed by atoms with Crippen molar-refractivity contribution in [3.05, 3.63) is 99.5 Å². The van der Waals surface area contributed by atoms with Crippen molar-refractivity contribution in [2.75, 3.05) is 23.6 Å². The van der Waals surface area contributed by atoms with Gasteiger partial charge in [0.1, 0.15) is 6.04 Å². The molecular weight excluding hydrogens is 583 g/mol. The fourth-order valence-electron chi connectivity index (χ4n) is 5.04. The molecule has 8 nitrogen and oxygen atoms in total. The van der Waals surface area contributed by atoms with Crippen LogP contribution in [0.4, 0.5) is 5.69 Å². The Labute approximate surface area is 251 Å². The van der Waals surface area contributed by atoms with Gasteiger partial charge >= 0.3 is 0 Å². The maximum Gasteiger partial charge on any atom is 0.252 e. The fraction of sp³-hybridized carbons (Fsp3) is 0.333. The summed E-state index contributed by atoms with van der Waals surface area (Å²) in [5.41, 5.74) is 8.04. The number of likely N-dealkylation sites (tertiary alicyclic amines) is 1. The number of carbonyl (C=O) groups excluding carboxylic acids is 2. The molecule has 3 aromatic carbocycles. The summed E-state index contributed by atoms with van der Waals surface area (Å²) in [7, 11) is -3.70. The number of nitrogens with one attached hydrogen (secondary N) is 2. The number of benzene rings is 3. The Bertz CT molecular complexity index is 1430. The van der Waals surface area contributed by atoms with Crippen molar-refractivity contribution in [3.8, 4) is 0 Å². The Morgan fingerprint density at radius 2 is 1.51 bits per heavy atom. The zero-order valence-electron chi connectivity index (χ0n) is 22.9. The Balaban J connectivity index is 1.39. The highest BCUT2D eigenvalue weighted by Gasteiger charge is 2.36. The van der Waals surface area contributed by atoms with Gasteiger partial charge < -0.3 is 11.1 Å². The van der Waals surface area contributed by atoms with Crippen LogP contribution in [0.3, 0.4) is 0 Å². The van der Waals surface area contributed by atoms with Gasteiger partial charge in [0, 0.05) is 40.3 Å². The molecule has 1 aliphatic heterocycles. The highest BCUT2D eigenvalue weighted by Crippen LogP contribution is 2.36. The van der Waals surface area contributed by atoms with Crippen LogP contribution in [-0.2, 0) is 14.8 Å². The number of sulfonamides is 1. The first-order chi connectivity index (χ1) is 19.4. The number of anilines is 1. The number of halogens is 2. The Hall–Kier alpha value is -3.11. The van der Waals surface area contributed by atoms with E-state index in [4.69, 9.17) is 28.9 Å². The van der Waals surface area contributed by atoms with Gasteiger partial charge in [0.2, 0.25) is 15.9 Å². The molecule has 1 fully saturated rings. The van der Waals surface area contributed by atoms with E-state index in [1.165, 1.54) is 6.07 Å². The van der Waals surface area contributed by atoms with E-state index in [0.717, 1.165) is 11.1 Å². The monoisotopic (exact) mass is 616 g/mol. The van der Waals surface area contributed by atoms with Gasteiger partial charge in [-0.15, -0.1) is 0 Å². The Morgan fingerprint density at radius 1 is 0.951 bits per heavy atom. The van der Waals surface area contributed by atoms with Crippen LogP contribution in [0.15, 0.2) is 72.8 Å². The maximum absolute atomic E-state index is 13.0. The second-order valence-electron chi connectivity index (χ2n) is 10.8. The summed E-state index contributed by atoms with van der Waals surface area (Å²) < 4.78 is 28.7. The van der Waals surface area contributed by atoms with E-state index in [-0.39, 0.29) is 34.9 Å². The number of nitrogens with zero attached hydrogens (tertiary/aromatic N) is 1. The van der Waals surface area contributed by atoms with Crippen LogP contribution in [0, 0.1) is 11.8 Å². The number of primary amides is 1. The van der Waals surface area contributed by atoms with Crippen molar-refractivity contribution < 1.29 is 18.0 Å². The van der Waals surface area contributed by atoms with Gasteiger partial charge in [-0.1, -0.05) is 67.4 Å². The first-order valence-electron chi connectivity index (χ1n) is 13.4. The number of hydrogen-bond acceptors (Lipinski definition) is 5. The summed E-state index contributed by atoms with van der Waals surface area (Å²) in [5.74, 6) is -1.10. The highest BCUT2D eigenvalue weighted by atomic mass is 35.5. The predicted octanol–water partition coefficient (Wildman–Crippen LogP) is 5.09. The van der Waals surface area contributed by atoms with E-state index in [2.05, 4.69) is 14.9 Å². The summed E-state index contributed by atoms with van der Waals surface area (Å²) in [6.07, 6.45) is 0.405. The van der Waals surface area contributed by atoms with Gasteiger partial charge in [0.05, 0.1) is 11.8 Å². The number of nitrogens with two attached hydrogens (primary N) is 1. The largest absolute Gasteiger partial charge is 0.368 e. The average Bonchev–Trinajstić information content (AvgIpc) is 2.88. The number of carbonyl (C=O) groups is 2. The van der Waals surface area contributed by atoms with Crippen molar-refractivity contribution >= 4 is 50.7 Å². The second-order valence-corrected chi connectivity index (χ2v) is 13.5. The molecule has 1 aliphatic rings. The van der Waals surface area contributed by atoms with E-state index in [0.29, 0.717) is 29.6 Å². The molecule has 4 N–H and O–H groups in total. The molecule has 0 aromatic heterocycles. The van der Waals surface area contributed by atoms with Gasteiger partial charge in [-0.3, -0.25) is 19.2 Å². The molecule has 0 saturated carbocycles. The molecule has 1 saturated heterocycles. The molecule has 0 spiro atoms. The van der Waals surface area contributed by atoms with Crippen LogP contribution in [0.1, 0.15) is 47.8 Å². The smallest absolute Gasteiger partial charge is 0.252 e.